The average molecular weight is 604 g/mol. The third-order valence-electron chi connectivity index (χ3n) is 7.56. The second-order valence-electron chi connectivity index (χ2n) is 14.4. The van der Waals surface area contributed by atoms with E-state index in [0.29, 0.717) is 13.2 Å². The van der Waals surface area contributed by atoms with Crippen LogP contribution in [0.5, 0.6) is 0 Å². The Hall–Kier alpha value is -0.369. The van der Waals surface area contributed by atoms with Gasteiger partial charge in [-0.15, -0.1) is 0 Å². The van der Waals surface area contributed by atoms with E-state index >= 15 is 0 Å². The predicted molar refractivity (Wildman–Crippen MR) is 169 cm³/mol. The number of unbranched alkanes of at least 4 members (excludes halogenated alkanes) is 3. The number of rotatable bonds is 21. The molecule has 1 aliphatic heterocycles. The predicted octanol–water partition coefficient (Wildman–Crippen LogP) is 6.80. The van der Waals surface area contributed by atoms with Crippen molar-refractivity contribution in [2.24, 2.45) is 0 Å². The summed E-state index contributed by atoms with van der Waals surface area (Å²) in [6, 6.07) is 4.57. The van der Waals surface area contributed by atoms with Crippen LogP contribution in [0.4, 0.5) is 0 Å². The lowest BCUT2D eigenvalue weighted by Crippen LogP contribution is -2.43. The number of ether oxygens (including phenoxy) is 2. The first-order chi connectivity index (χ1) is 18.0. The standard InChI is InChI=1S/C29H61NO6Si3/c1-10-11-12-13-20-38(8,25-37(5,6)7)22-19-36-39(9,23-18-35-29(2,3)4)21-14-17-34-24-28(33)30-26(31)15-16-27(30)32/h28,33H,10-25H2,1-9H3. The Morgan fingerprint density at radius 1 is 0.846 bits per heavy atom. The van der Waals surface area contributed by atoms with Crippen LogP contribution in [0, 0.1) is 0 Å². The molecule has 0 radical (unpaired) electrons. The summed E-state index contributed by atoms with van der Waals surface area (Å²) in [7, 11) is -4.53. The molecule has 1 aliphatic rings. The second-order valence-corrected chi connectivity index (χ2v) is 29.8. The van der Waals surface area contributed by atoms with Crippen molar-refractivity contribution in [1.29, 1.82) is 0 Å². The molecule has 1 heterocycles. The van der Waals surface area contributed by atoms with E-state index in [2.05, 4.69) is 60.4 Å². The number of carbonyl (C=O) groups excluding carboxylic acids is 2. The number of nitrogens with zero attached hydrogens (tertiary/aromatic N) is 1. The summed E-state index contributed by atoms with van der Waals surface area (Å²) in [5.74, 6) is -0.642. The van der Waals surface area contributed by atoms with Gasteiger partial charge in [0, 0.05) is 40.7 Å². The fraction of sp³-hybridized carbons (Fsp3) is 0.931. The molecule has 2 amide bonds. The molecule has 0 aliphatic carbocycles. The van der Waals surface area contributed by atoms with Crippen LogP contribution in [0.3, 0.4) is 0 Å². The Labute approximate surface area is 242 Å². The first kappa shape index (κ1) is 36.7. The SMILES string of the molecule is CCCCCC[Si](C)(CCO[Si](C)(CCCOCC(O)N1C(=O)CCC1=O)CCOC(C)(C)C)C[Si](C)(C)C. The Bertz CT molecular complexity index is 726. The zero-order valence-corrected chi connectivity index (χ0v) is 29.8. The minimum atomic E-state index is -2.03. The van der Waals surface area contributed by atoms with Gasteiger partial charge in [0.15, 0.2) is 14.5 Å². The number of likely N-dealkylation sites (tertiary alicyclic amines) is 1. The molecule has 0 aromatic heterocycles. The normalized spacial score (nSPS) is 18.9. The van der Waals surface area contributed by atoms with Gasteiger partial charge >= 0.3 is 0 Å². The van der Waals surface area contributed by atoms with E-state index in [0.717, 1.165) is 30.0 Å². The van der Waals surface area contributed by atoms with Crippen LogP contribution >= 0.6 is 0 Å². The molecule has 1 rings (SSSR count). The van der Waals surface area contributed by atoms with Crippen LogP contribution in [0.15, 0.2) is 0 Å². The lowest BCUT2D eigenvalue weighted by Gasteiger charge is -2.35. The number of aliphatic hydroxyl groups excluding tert-OH is 1. The molecule has 3 unspecified atom stereocenters. The zero-order valence-electron chi connectivity index (χ0n) is 26.8. The largest absolute Gasteiger partial charge is 0.417 e. The molecule has 10 heteroatoms. The van der Waals surface area contributed by atoms with E-state index in [1.807, 2.05) is 0 Å². The molecule has 1 fully saturated rings. The van der Waals surface area contributed by atoms with Gasteiger partial charge in [-0.2, -0.15) is 0 Å². The van der Waals surface area contributed by atoms with E-state index in [4.69, 9.17) is 13.9 Å². The molecule has 0 saturated carbocycles. The minimum absolute atomic E-state index is 0.0393. The van der Waals surface area contributed by atoms with Crippen molar-refractivity contribution in [1.82, 2.24) is 4.90 Å². The van der Waals surface area contributed by atoms with E-state index < -0.39 is 30.7 Å². The highest BCUT2D eigenvalue weighted by Crippen LogP contribution is 2.31. The molecular formula is C29H61NO6Si3. The smallest absolute Gasteiger partial charge is 0.231 e. The number of hydrogen-bond acceptors (Lipinski definition) is 6. The number of carbonyl (C=O) groups is 2. The summed E-state index contributed by atoms with van der Waals surface area (Å²) < 4.78 is 18.6. The molecular weight excluding hydrogens is 543 g/mol. The Morgan fingerprint density at radius 3 is 2.05 bits per heavy atom. The van der Waals surface area contributed by atoms with E-state index in [9.17, 15) is 14.7 Å². The van der Waals surface area contributed by atoms with E-state index in [-0.39, 0.29) is 36.9 Å². The maximum Gasteiger partial charge on any atom is 0.231 e. The van der Waals surface area contributed by atoms with Crippen LogP contribution in [0.25, 0.3) is 0 Å². The van der Waals surface area contributed by atoms with Crippen molar-refractivity contribution >= 4 is 36.3 Å². The van der Waals surface area contributed by atoms with E-state index in [1.54, 1.807) is 0 Å². The molecule has 0 spiro atoms. The van der Waals surface area contributed by atoms with Crippen LogP contribution in [0.1, 0.15) is 72.6 Å². The lowest BCUT2D eigenvalue weighted by molar-refractivity contribution is -0.153. The Balaban J connectivity index is 2.66. The highest BCUT2D eigenvalue weighted by molar-refractivity contribution is 6.95. The van der Waals surface area contributed by atoms with Crippen molar-refractivity contribution in [3.8, 4) is 0 Å². The number of aliphatic hydroxyl groups is 1. The average Bonchev–Trinajstić information content (AvgIpc) is 3.12. The highest BCUT2D eigenvalue weighted by Gasteiger charge is 2.36. The monoisotopic (exact) mass is 603 g/mol. The fourth-order valence-electron chi connectivity index (χ4n) is 5.68. The van der Waals surface area contributed by atoms with Gasteiger partial charge < -0.3 is 19.0 Å². The van der Waals surface area contributed by atoms with Crippen LogP contribution in [0.2, 0.25) is 62.6 Å². The van der Waals surface area contributed by atoms with Crippen molar-refractivity contribution in [3.05, 3.63) is 0 Å². The number of hydrogen-bond donors (Lipinski definition) is 1. The fourth-order valence-corrected chi connectivity index (χ4v) is 22.1. The summed E-state index contributed by atoms with van der Waals surface area (Å²) in [5.41, 5.74) is 1.30. The first-order valence-corrected chi connectivity index (χ1v) is 25.0. The number of amides is 2. The van der Waals surface area contributed by atoms with Gasteiger partial charge in [0.2, 0.25) is 11.8 Å². The molecule has 39 heavy (non-hydrogen) atoms. The maximum atomic E-state index is 11.8. The maximum absolute atomic E-state index is 11.8. The van der Waals surface area contributed by atoms with Gasteiger partial charge in [0.05, 0.1) is 20.3 Å². The molecule has 0 aromatic carbocycles. The van der Waals surface area contributed by atoms with Crippen molar-refractivity contribution < 1.29 is 28.6 Å². The van der Waals surface area contributed by atoms with Crippen molar-refractivity contribution in [2.45, 2.75) is 147 Å². The van der Waals surface area contributed by atoms with Gasteiger partial charge in [-0.05, 0) is 51.9 Å². The Morgan fingerprint density at radius 2 is 1.49 bits per heavy atom. The first-order valence-electron chi connectivity index (χ1n) is 15.4. The third-order valence-corrected chi connectivity index (χ3v) is 21.8. The van der Waals surface area contributed by atoms with Gasteiger partial charge in [-0.1, -0.05) is 70.5 Å². The number of imide groups is 1. The molecule has 1 N–H and O–H groups in total. The summed E-state index contributed by atoms with van der Waals surface area (Å²) in [6.45, 7) is 23.0. The molecule has 1 saturated heterocycles. The third kappa shape index (κ3) is 16.0. The molecule has 7 nitrogen and oxygen atoms in total. The zero-order chi connectivity index (χ0) is 29.7. The molecule has 0 aromatic rings. The van der Waals surface area contributed by atoms with Crippen LogP contribution in [-0.4, -0.2) is 84.5 Å². The molecule has 0 bridgehead atoms. The topological polar surface area (TPSA) is 85.3 Å². The van der Waals surface area contributed by atoms with Crippen molar-refractivity contribution in [3.63, 3.8) is 0 Å². The van der Waals surface area contributed by atoms with E-state index in [1.165, 1.54) is 43.4 Å². The van der Waals surface area contributed by atoms with Crippen LogP contribution < -0.4 is 0 Å². The lowest BCUT2D eigenvalue weighted by atomic mass is 10.2. The summed E-state index contributed by atoms with van der Waals surface area (Å²) in [6.07, 6.45) is 5.33. The quantitative estimate of drug-likeness (QED) is 0.0882. The van der Waals surface area contributed by atoms with Gasteiger partial charge in [0.1, 0.15) is 0 Å². The summed E-state index contributed by atoms with van der Waals surface area (Å²) in [4.78, 5) is 24.6. The van der Waals surface area contributed by atoms with Crippen LogP contribution in [-0.2, 0) is 23.5 Å². The van der Waals surface area contributed by atoms with Crippen molar-refractivity contribution in [2.75, 3.05) is 26.4 Å². The summed E-state index contributed by atoms with van der Waals surface area (Å²) >= 11 is 0. The molecule has 230 valence electrons. The summed E-state index contributed by atoms with van der Waals surface area (Å²) in [5, 5.41) is 10.2. The van der Waals surface area contributed by atoms with Gasteiger partial charge in [-0.25, -0.2) is 0 Å². The highest BCUT2D eigenvalue weighted by atomic mass is 28.4. The van der Waals surface area contributed by atoms with Gasteiger partial charge in [-0.3, -0.25) is 14.5 Å². The van der Waals surface area contributed by atoms with Gasteiger partial charge in [0.25, 0.3) is 0 Å². The second kappa shape index (κ2) is 16.9. The Kier molecular flexibility index (Phi) is 15.9. The molecule has 3 atom stereocenters. The minimum Gasteiger partial charge on any atom is -0.417 e.